The molecule has 0 bridgehead atoms. The molecule has 0 radical (unpaired) electrons. The lowest BCUT2D eigenvalue weighted by atomic mass is 10.0. The highest BCUT2D eigenvalue weighted by molar-refractivity contribution is 6.00. The first-order valence-corrected chi connectivity index (χ1v) is 12.6. The third-order valence-corrected chi connectivity index (χ3v) is 6.49. The molecule has 3 aromatic heterocycles. The fraction of sp³-hybridized carbons (Fsp3) is 0.250. The van der Waals surface area contributed by atoms with Crippen LogP contribution in [0.5, 0.6) is 5.75 Å². The lowest BCUT2D eigenvalue weighted by molar-refractivity contribution is -0.121. The van der Waals surface area contributed by atoms with Crippen LogP contribution in [0.15, 0.2) is 55.0 Å². The Balaban J connectivity index is 1.28. The van der Waals surface area contributed by atoms with E-state index in [0.717, 1.165) is 27.4 Å². The number of carbonyl (C=O) groups excluding carboxylic acids is 4. The molecule has 0 saturated heterocycles. The van der Waals surface area contributed by atoms with Gasteiger partial charge in [0.2, 0.25) is 0 Å². The van der Waals surface area contributed by atoms with E-state index in [9.17, 15) is 23.6 Å². The van der Waals surface area contributed by atoms with Crippen LogP contribution in [0.3, 0.4) is 0 Å². The van der Waals surface area contributed by atoms with Gasteiger partial charge in [0.15, 0.2) is 23.0 Å². The molecule has 5 rings (SSSR count). The molecule has 2 N–H and O–H groups in total. The van der Waals surface area contributed by atoms with Crippen LogP contribution in [-0.2, 0) is 29.0 Å². The van der Waals surface area contributed by atoms with Crippen molar-refractivity contribution in [3.8, 4) is 5.75 Å². The van der Waals surface area contributed by atoms with Crippen LogP contribution < -0.4 is 15.4 Å². The van der Waals surface area contributed by atoms with Crippen LogP contribution in [0.25, 0.3) is 5.65 Å². The summed E-state index contributed by atoms with van der Waals surface area (Å²) in [6.07, 6.45) is 5.11. The Morgan fingerprint density at radius 2 is 1.90 bits per heavy atom. The van der Waals surface area contributed by atoms with Crippen molar-refractivity contribution in [1.29, 1.82) is 0 Å². The summed E-state index contributed by atoms with van der Waals surface area (Å²) in [4.78, 5) is 58.4. The van der Waals surface area contributed by atoms with Crippen LogP contribution >= 0.6 is 0 Å². The van der Waals surface area contributed by atoms with Gasteiger partial charge in [-0.2, -0.15) is 5.10 Å². The van der Waals surface area contributed by atoms with Crippen LogP contribution in [0.1, 0.15) is 51.0 Å². The predicted molar refractivity (Wildman–Crippen MR) is 139 cm³/mol. The summed E-state index contributed by atoms with van der Waals surface area (Å²) in [7, 11) is 0. The number of pyridine rings is 1. The number of nitrogens with zero attached hydrogens (tertiary/aromatic N) is 4. The molecule has 1 aliphatic rings. The maximum atomic E-state index is 14.4. The van der Waals surface area contributed by atoms with Gasteiger partial charge in [-0.3, -0.25) is 24.2 Å². The third-order valence-electron chi connectivity index (χ3n) is 6.49. The summed E-state index contributed by atoms with van der Waals surface area (Å²) < 4.78 is 20.8. The first-order valence-electron chi connectivity index (χ1n) is 12.6. The van der Waals surface area contributed by atoms with Crippen molar-refractivity contribution in [2.45, 2.75) is 38.8 Å². The molecule has 0 saturated carbocycles. The highest BCUT2D eigenvalue weighted by Crippen LogP contribution is 2.24. The number of carbonyl (C=O) groups is 4. The number of rotatable bonds is 9. The minimum absolute atomic E-state index is 0.0374. The smallest absolute Gasteiger partial charge is 0.270 e. The fourth-order valence-corrected chi connectivity index (χ4v) is 4.32. The summed E-state index contributed by atoms with van der Waals surface area (Å²) in [5, 5.41) is 9.17. The molecule has 0 spiro atoms. The van der Waals surface area contributed by atoms with Gasteiger partial charge in [-0.1, -0.05) is 6.07 Å². The summed E-state index contributed by atoms with van der Waals surface area (Å²) in [5.74, 6) is -1.79. The second kappa shape index (κ2) is 11.4. The first-order chi connectivity index (χ1) is 19.3. The van der Waals surface area contributed by atoms with Crippen LogP contribution in [0.4, 0.5) is 4.39 Å². The Kier molecular flexibility index (Phi) is 7.58. The standard InChI is InChI=1S/C28H25FN6O5/c1-16(24(37)4-2-17-6-8-30-9-7-17)33-28(39)23-12-22(34-26-21(29)14-32-35(23)26)27(38)31-13-18-3-5-25-19(10-18)11-20(36)15-40-25/h3,5-10,12,14,16H,2,4,11,13,15H2,1H3,(H,31,38)(H,33,39)/t16-/m0/s1. The molecule has 12 heteroatoms. The number of benzene rings is 1. The molecule has 0 fully saturated rings. The Labute approximate surface area is 227 Å². The summed E-state index contributed by atoms with van der Waals surface area (Å²) in [6, 6.07) is 9.23. The highest BCUT2D eigenvalue weighted by atomic mass is 19.1. The van der Waals surface area contributed by atoms with Crippen molar-refractivity contribution in [3.63, 3.8) is 0 Å². The van der Waals surface area contributed by atoms with Gasteiger partial charge >= 0.3 is 0 Å². The molecule has 1 aromatic carbocycles. The Bertz CT molecular complexity index is 1620. The molecular formula is C28H25FN6O5. The van der Waals surface area contributed by atoms with Crippen LogP contribution in [-0.4, -0.2) is 55.6 Å². The lowest BCUT2D eigenvalue weighted by Crippen LogP contribution is -2.39. The van der Waals surface area contributed by atoms with Gasteiger partial charge in [0.05, 0.1) is 12.2 Å². The summed E-state index contributed by atoms with van der Waals surface area (Å²) >= 11 is 0. The zero-order valence-corrected chi connectivity index (χ0v) is 21.5. The van der Waals surface area contributed by atoms with Gasteiger partial charge in [-0.15, -0.1) is 0 Å². The SMILES string of the molecule is C[C@H](NC(=O)c1cc(C(=O)NCc2ccc3c(c2)CC(=O)CO3)nc2c(F)cnn12)C(=O)CCc1ccncc1. The van der Waals surface area contributed by atoms with E-state index in [0.29, 0.717) is 12.2 Å². The number of ether oxygens (including phenoxy) is 1. The van der Waals surface area contributed by atoms with Crippen molar-refractivity contribution >= 4 is 29.0 Å². The van der Waals surface area contributed by atoms with Crippen LogP contribution in [0, 0.1) is 5.82 Å². The molecule has 204 valence electrons. The molecule has 4 heterocycles. The van der Waals surface area contributed by atoms with Crippen molar-refractivity contribution in [2.24, 2.45) is 0 Å². The number of hydrogen-bond acceptors (Lipinski definition) is 8. The van der Waals surface area contributed by atoms with Crippen LogP contribution in [0.2, 0.25) is 0 Å². The first kappa shape index (κ1) is 26.6. The Hall–Kier alpha value is -5.00. The Morgan fingerprint density at radius 3 is 2.70 bits per heavy atom. The number of aryl methyl sites for hydroxylation is 1. The number of ketones is 2. The number of nitrogens with one attached hydrogen (secondary N) is 2. The van der Waals surface area contributed by atoms with Gasteiger partial charge in [0.25, 0.3) is 11.8 Å². The highest BCUT2D eigenvalue weighted by Gasteiger charge is 2.23. The fourth-order valence-electron chi connectivity index (χ4n) is 4.32. The minimum Gasteiger partial charge on any atom is -0.486 e. The van der Waals surface area contributed by atoms with Crippen molar-refractivity contribution in [3.05, 3.63) is 88.9 Å². The van der Waals surface area contributed by atoms with E-state index in [-0.39, 0.29) is 54.6 Å². The number of aromatic nitrogens is 4. The van der Waals surface area contributed by atoms with Crippen molar-refractivity contribution < 1.29 is 28.3 Å². The number of fused-ring (bicyclic) bond motifs is 2. The number of Topliss-reactive ketones (excluding diaryl/α,β-unsaturated/α-hetero) is 2. The van der Waals surface area contributed by atoms with E-state index in [1.807, 2.05) is 12.1 Å². The Morgan fingerprint density at radius 1 is 1.10 bits per heavy atom. The number of hydrogen-bond donors (Lipinski definition) is 2. The van der Waals surface area contributed by atoms with Gasteiger partial charge in [-0.05, 0) is 48.7 Å². The van der Waals surface area contributed by atoms with E-state index in [1.165, 1.54) is 6.07 Å². The largest absolute Gasteiger partial charge is 0.486 e. The van der Waals surface area contributed by atoms with E-state index in [4.69, 9.17) is 4.74 Å². The van der Waals surface area contributed by atoms with E-state index >= 15 is 0 Å². The van der Waals surface area contributed by atoms with Gasteiger partial charge in [-0.25, -0.2) is 13.9 Å². The second-order valence-electron chi connectivity index (χ2n) is 9.40. The molecule has 2 amide bonds. The zero-order chi connectivity index (χ0) is 28.2. The molecule has 4 aromatic rings. The lowest BCUT2D eigenvalue weighted by Gasteiger charge is -2.17. The predicted octanol–water partition coefficient (Wildman–Crippen LogP) is 2.02. The van der Waals surface area contributed by atoms with E-state index in [2.05, 4.69) is 25.7 Å². The number of amides is 2. The molecule has 1 aliphatic heterocycles. The topological polar surface area (TPSA) is 145 Å². The molecule has 0 unspecified atom stereocenters. The summed E-state index contributed by atoms with van der Waals surface area (Å²) in [5.41, 5.74) is 1.73. The van der Waals surface area contributed by atoms with Crippen molar-refractivity contribution in [1.82, 2.24) is 30.2 Å². The second-order valence-corrected chi connectivity index (χ2v) is 9.40. The maximum Gasteiger partial charge on any atom is 0.270 e. The minimum atomic E-state index is -0.838. The number of halogens is 1. The summed E-state index contributed by atoms with van der Waals surface area (Å²) in [6.45, 7) is 1.69. The normalized spacial score (nSPS) is 13.3. The van der Waals surface area contributed by atoms with Gasteiger partial charge in [0.1, 0.15) is 23.7 Å². The zero-order valence-electron chi connectivity index (χ0n) is 21.5. The molecule has 1 atom stereocenters. The quantitative estimate of drug-likeness (QED) is 0.326. The average molecular weight is 545 g/mol. The maximum absolute atomic E-state index is 14.4. The third kappa shape index (κ3) is 5.85. The van der Waals surface area contributed by atoms with Crippen molar-refractivity contribution in [2.75, 3.05) is 6.61 Å². The van der Waals surface area contributed by atoms with Gasteiger partial charge in [0, 0.05) is 43.4 Å². The monoisotopic (exact) mass is 544 g/mol. The van der Waals surface area contributed by atoms with Gasteiger partial charge < -0.3 is 15.4 Å². The molecule has 0 aliphatic carbocycles. The molecule has 11 nitrogen and oxygen atoms in total. The van der Waals surface area contributed by atoms with E-state index in [1.54, 1.807) is 37.5 Å². The average Bonchev–Trinajstić information content (AvgIpc) is 3.34. The molecular weight excluding hydrogens is 519 g/mol. The molecule has 40 heavy (non-hydrogen) atoms. The van der Waals surface area contributed by atoms with E-state index < -0.39 is 23.7 Å².